The average Bonchev–Trinajstić information content (AvgIpc) is 3.25. The normalized spacial score (nSPS) is 15.4. The molecule has 9 nitrogen and oxygen atoms in total. The smallest absolute Gasteiger partial charge is 0.290 e. The quantitative estimate of drug-likeness (QED) is 0.385. The average molecular weight is 498 g/mol. The van der Waals surface area contributed by atoms with Crippen LogP contribution in [0.3, 0.4) is 0 Å². The Kier molecular flexibility index (Phi) is 7.37. The summed E-state index contributed by atoms with van der Waals surface area (Å²) >= 11 is 0. The highest BCUT2D eigenvalue weighted by atomic mass is 19.1. The molecule has 1 aromatic heterocycles. The van der Waals surface area contributed by atoms with Gasteiger partial charge in [0.25, 0.3) is 11.5 Å². The molecule has 1 saturated heterocycles. The Labute approximate surface area is 205 Å². The lowest BCUT2D eigenvalue weighted by atomic mass is 10.1. The van der Waals surface area contributed by atoms with Crippen molar-refractivity contribution in [3.8, 4) is 0 Å². The highest BCUT2D eigenvalue weighted by Crippen LogP contribution is 2.26. The van der Waals surface area contributed by atoms with E-state index < -0.39 is 35.3 Å². The summed E-state index contributed by atoms with van der Waals surface area (Å²) in [5, 5.41) is 4.91. The molecular formula is C25H25F2N5O4. The van der Waals surface area contributed by atoms with Crippen LogP contribution in [0.15, 0.2) is 47.3 Å². The third kappa shape index (κ3) is 5.24. The zero-order valence-corrected chi connectivity index (χ0v) is 19.6. The van der Waals surface area contributed by atoms with E-state index in [-0.39, 0.29) is 29.9 Å². The fourth-order valence-electron chi connectivity index (χ4n) is 4.17. The number of nitrogens with zero attached hydrogens (tertiary/aromatic N) is 3. The Bertz CT molecular complexity index is 1370. The molecule has 4 rings (SSSR count). The fourth-order valence-corrected chi connectivity index (χ4v) is 4.17. The third-order valence-corrected chi connectivity index (χ3v) is 6.01. The summed E-state index contributed by atoms with van der Waals surface area (Å²) in [7, 11) is 0. The van der Waals surface area contributed by atoms with Gasteiger partial charge in [-0.2, -0.15) is 5.10 Å². The Morgan fingerprint density at radius 1 is 1.03 bits per heavy atom. The molecule has 0 aliphatic carbocycles. The minimum Gasteiger partial charge on any atom is -0.311 e. The number of carbonyl (C=O) groups excluding carboxylic acids is 3. The molecule has 2 aromatic carbocycles. The number of nitrogens with one attached hydrogen (secondary N) is 2. The maximum atomic E-state index is 13.6. The molecule has 0 bridgehead atoms. The predicted molar refractivity (Wildman–Crippen MR) is 128 cm³/mol. The van der Waals surface area contributed by atoms with E-state index in [4.69, 9.17) is 0 Å². The zero-order valence-electron chi connectivity index (χ0n) is 19.6. The second kappa shape index (κ2) is 10.6. The Balaban J connectivity index is 1.47. The number of anilines is 1. The van der Waals surface area contributed by atoms with Gasteiger partial charge in [0.05, 0.1) is 11.3 Å². The molecule has 2 heterocycles. The summed E-state index contributed by atoms with van der Waals surface area (Å²) in [5.41, 5.74) is 4.28. The first-order chi connectivity index (χ1) is 17.3. The fraction of sp³-hybridized carbons (Fsp3) is 0.320. The molecule has 3 aromatic rings. The minimum absolute atomic E-state index is 0.0119. The summed E-state index contributed by atoms with van der Waals surface area (Å²) in [4.78, 5) is 51.9. The lowest BCUT2D eigenvalue weighted by Gasteiger charge is -2.17. The van der Waals surface area contributed by atoms with Gasteiger partial charge in [0.15, 0.2) is 5.69 Å². The van der Waals surface area contributed by atoms with Crippen molar-refractivity contribution < 1.29 is 23.2 Å². The molecule has 0 radical (unpaired) electrons. The van der Waals surface area contributed by atoms with Gasteiger partial charge >= 0.3 is 0 Å². The van der Waals surface area contributed by atoms with Crippen molar-refractivity contribution in [2.24, 2.45) is 5.92 Å². The molecule has 1 unspecified atom stereocenters. The number of fused-ring (bicyclic) bond motifs is 1. The third-order valence-electron chi connectivity index (χ3n) is 6.01. The molecule has 3 amide bonds. The number of halogens is 2. The number of hydrogen-bond donors (Lipinski definition) is 2. The van der Waals surface area contributed by atoms with Crippen molar-refractivity contribution in [1.82, 2.24) is 20.6 Å². The van der Waals surface area contributed by atoms with E-state index in [9.17, 15) is 28.0 Å². The van der Waals surface area contributed by atoms with E-state index in [0.717, 1.165) is 36.3 Å². The SMILES string of the molecule is CCCCCn1nc(C(=O)NNC(=O)C2CC(=O)N(c3cc(F)cc(F)c3)C2)c2ccccc2c1=O. The molecule has 1 atom stereocenters. The maximum Gasteiger partial charge on any atom is 0.290 e. The molecule has 188 valence electrons. The molecule has 1 fully saturated rings. The molecule has 0 saturated carbocycles. The van der Waals surface area contributed by atoms with Gasteiger partial charge in [-0.05, 0) is 24.6 Å². The second-order valence-corrected chi connectivity index (χ2v) is 8.61. The monoisotopic (exact) mass is 497 g/mol. The van der Waals surface area contributed by atoms with E-state index in [2.05, 4.69) is 16.0 Å². The van der Waals surface area contributed by atoms with Gasteiger partial charge in [-0.1, -0.05) is 38.0 Å². The van der Waals surface area contributed by atoms with Gasteiger partial charge in [-0.3, -0.25) is 30.0 Å². The Morgan fingerprint density at radius 2 is 1.72 bits per heavy atom. The number of hydrogen-bond acceptors (Lipinski definition) is 5. The van der Waals surface area contributed by atoms with Crippen molar-refractivity contribution in [2.75, 3.05) is 11.4 Å². The van der Waals surface area contributed by atoms with Gasteiger partial charge in [-0.15, -0.1) is 0 Å². The lowest BCUT2D eigenvalue weighted by molar-refractivity contribution is -0.126. The number of benzene rings is 2. The van der Waals surface area contributed by atoms with Gasteiger partial charge < -0.3 is 4.90 Å². The molecule has 36 heavy (non-hydrogen) atoms. The van der Waals surface area contributed by atoms with Crippen LogP contribution in [-0.2, 0) is 16.1 Å². The van der Waals surface area contributed by atoms with Gasteiger partial charge in [0, 0.05) is 36.7 Å². The molecule has 1 aliphatic rings. The van der Waals surface area contributed by atoms with Crippen LogP contribution in [-0.4, -0.2) is 34.0 Å². The molecule has 2 N–H and O–H groups in total. The van der Waals surface area contributed by atoms with E-state index >= 15 is 0 Å². The largest absolute Gasteiger partial charge is 0.311 e. The van der Waals surface area contributed by atoms with Crippen molar-refractivity contribution in [3.05, 3.63) is 70.1 Å². The molecule has 11 heteroatoms. The number of rotatable bonds is 7. The number of aryl methyl sites for hydroxylation is 1. The summed E-state index contributed by atoms with van der Waals surface area (Å²) in [6.45, 7) is 2.28. The van der Waals surface area contributed by atoms with Gasteiger partial charge in [0.1, 0.15) is 11.6 Å². The van der Waals surface area contributed by atoms with Crippen LogP contribution in [0.1, 0.15) is 43.1 Å². The van der Waals surface area contributed by atoms with E-state index in [1.54, 1.807) is 24.3 Å². The van der Waals surface area contributed by atoms with Gasteiger partial charge in [0.2, 0.25) is 11.8 Å². The first-order valence-electron chi connectivity index (χ1n) is 11.6. The summed E-state index contributed by atoms with van der Waals surface area (Å²) < 4.78 is 28.4. The first kappa shape index (κ1) is 25.0. The summed E-state index contributed by atoms with van der Waals surface area (Å²) in [6.07, 6.45) is 2.39. The first-order valence-corrected chi connectivity index (χ1v) is 11.6. The highest BCUT2D eigenvalue weighted by Gasteiger charge is 2.35. The zero-order chi connectivity index (χ0) is 25.8. The van der Waals surface area contributed by atoms with E-state index in [1.807, 2.05) is 6.92 Å². The van der Waals surface area contributed by atoms with E-state index in [0.29, 0.717) is 23.4 Å². The topological polar surface area (TPSA) is 113 Å². The summed E-state index contributed by atoms with van der Waals surface area (Å²) in [6, 6.07) is 9.28. The number of carbonyl (C=O) groups is 3. The maximum absolute atomic E-state index is 13.6. The van der Waals surface area contributed by atoms with Crippen LogP contribution < -0.4 is 21.3 Å². The van der Waals surface area contributed by atoms with Gasteiger partial charge in [-0.25, -0.2) is 13.5 Å². The van der Waals surface area contributed by atoms with Crippen LogP contribution in [0.2, 0.25) is 0 Å². The van der Waals surface area contributed by atoms with E-state index in [1.165, 1.54) is 4.68 Å². The standard InChI is InChI=1S/C25H25F2N5O4/c1-2-3-6-9-32-25(36)20-8-5-4-7-19(20)22(30-32)24(35)29-28-23(34)15-10-21(33)31(14-15)18-12-16(26)11-17(27)13-18/h4-5,7-8,11-13,15H,2-3,6,9-10,14H2,1H3,(H,28,34)(H,29,35). The minimum atomic E-state index is -0.850. The molecular weight excluding hydrogens is 472 g/mol. The lowest BCUT2D eigenvalue weighted by Crippen LogP contribution is -2.46. The summed E-state index contributed by atoms with van der Waals surface area (Å²) in [5.74, 6) is -4.37. The Morgan fingerprint density at radius 3 is 2.42 bits per heavy atom. The predicted octanol–water partition coefficient (Wildman–Crippen LogP) is 2.68. The number of aromatic nitrogens is 2. The Hall–Kier alpha value is -4.15. The van der Waals surface area contributed by atoms with Crippen molar-refractivity contribution in [3.63, 3.8) is 0 Å². The highest BCUT2D eigenvalue weighted by molar-refractivity contribution is 6.05. The van der Waals surface area contributed by atoms with Crippen LogP contribution in [0, 0.1) is 17.6 Å². The number of unbranched alkanes of at least 4 members (excludes halogenated alkanes) is 2. The molecule has 0 spiro atoms. The molecule has 1 aliphatic heterocycles. The van der Waals surface area contributed by atoms with Crippen LogP contribution in [0.5, 0.6) is 0 Å². The van der Waals surface area contributed by atoms with Crippen molar-refractivity contribution in [2.45, 2.75) is 39.2 Å². The van der Waals surface area contributed by atoms with Crippen LogP contribution >= 0.6 is 0 Å². The second-order valence-electron chi connectivity index (χ2n) is 8.61. The van der Waals surface area contributed by atoms with Crippen LogP contribution in [0.4, 0.5) is 14.5 Å². The number of hydrazine groups is 1. The van der Waals surface area contributed by atoms with Crippen molar-refractivity contribution in [1.29, 1.82) is 0 Å². The van der Waals surface area contributed by atoms with Crippen molar-refractivity contribution >= 4 is 34.2 Å². The number of amides is 3. The van der Waals surface area contributed by atoms with Crippen LogP contribution in [0.25, 0.3) is 10.8 Å².